The minimum atomic E-state index is -0.360. The summed E-state index contributed by atoms with van der Waals surface area (Å²) >= 11 is 1.56. The van der Waals surface area contributed by atoms with Crippen molar-refractivity contribution in [2.75, 3.05) is 10.3 Å². The Balaban J connectivity index is 1.33. The lowest BCUT2D eigenvalue weighted by atomic mass is 9.80. The van der Waals surface area contributed by atoms with Gasteiger partial charge in [0.05, 0.1) is 23.2 Å². The normalized spacial score (nSPS) is 22.9. The maximum atomic E-state index is 13.0. The molecule has 2 unspecified atom stereocenters. The fraction of sp³-hybridized carbons (Fsp3) is 0.417. The molecule has 166 valence electrons. The number of rotatable bonds is 3. The predicted octanol–water partition coefficient (Wildman–Crippen LogP) is 4.01. The topological polar surface area (TPSA) is 91.4 Å². The molecule has 3 amide bonds. The molecule has 2 aromatic rings. The zero-order chi connectivity index (χ0) is 22.1. The number of hydrogen-bond acceptors (Lipinski definition) is 5. The standard InChI is InChI=1S/C24H26N4O3S/c29-21(26-24-25-19-12-3-1-2-4-13-20(19)32-24)15-8-7-9-16(14-15)28-23(31)18-11-6-5-10-17(18)22(30)27-28/h5-9,14,17-18H,1-4,10-13H2,(H,27,30)(H,25,26,29). The zero-order valence-corrected chi connectivity index (χ0v) is 18.6. The van der Waals surface area contributed by atoms with Crippen molar-refractivity contribution in [2.24, 2.45) is 11.8 Å². The van der Waals surface area contributed by atoms with Crippen molar-refractivity contribution in [3.05, 3.63) is 52.6 Å². The number of allylic oxidation sites excluding steroid dienone is 2. The highest BCUT2D eigenvalue weighted by atomic mass is 32.1. The van der Waals surface area contributed by atoms with Crippen LogP contribution in [0.1, 0.15) is 59.5 Å². The van der Waals surface area contributed by atoms with Gasteiger partial charge in [-0.2, -0.15) is 0 Å². The van der Waals surface area contributed by atoms with E-state index >= 15 is 0 Å². The first-order valence-electron chi connectivity index (χ1n) is 11.3. The Kier molecular flexibility index (Phi) is 5.78. The molecule has 2 heterocycles. The summed E-state index contributed by atoms with van der Waals surface area (Å²) in [5.74, 6) is -1.26. The maximum absolute atomic E-state index is 13.0. The van der Waals surface area contributed by atoms with Crippen molar-refractivity contribution in [1.29, 1.82) is 0 Å². The number of benzene rings is 1. The molecular weight excluding hydrogens is 424 g/mol. The van der Waals surface area contributed by atoms with Crippen molar-refractivity contribution in [2.45, 2.75) is 51.4 Å². The lowest BCUT2D eigenvalue weighted by molar-refractivity contribution is -0.139. The second-order valence-electron chi connectivity index (χ2n) is 8.61. The van der Waals surface area contributed by atoms with Crippen molar-refractivity contribution >= 4 is 39.9 Å². The van der Waals surface area contributed by atoms with Gasteiger partial charge in [-0.1, -0.05) is 31.1 Å². The van der Waals surface area contributed by atoms with Gasteiger partial charge in [-0.05, 0) is 56.7 Å². The van der Waals surface area contributed by atoms with Crippen LogP contribution in [0.5, 0.6) is 0 Å². The number of fused-ring (bicyclic) bond motifs is 2. The van der Waals surface area contributed by atoms with Gasteiger partial charge in [-0.3, -0.25) is 25.1 Å². The quantitative estimate of drug-likeness (QED) is 0.691. The number of thiazole rings is 1. The average Bonchev–Trinajstić information content (AvgIpc) is 3.16. The van der Waals surface area contributed by atoms with Gasteiger partial charge in [0.1, 0.15) is 0 Å². The Morgan fingerprint density at radius 3 is 2.69 bits per heavy atom. The fourth-order valence-electron chi connectivity index (χ4n) is 4.70. The molecule has 2 N–H and O–H groups in total. The Hall–Kier alpha value is -3.00. The van der Waals surface area contributed by atoms with Gasteiger partial charge >= 0.3 is 0 Å². The Labute approximate surface area is 190 Å². The Morgan fingerprint density at radius 1 is 1.06 bits per heavy atom. The van der Waals surface area contributed by atoms with Gasteiger partial charge in [0.25, 0.3) is 5.91 Å². The molecule has 0 spiro atoms. The highest BCUT2D eigenvalue weighted by Crippen LogP contribution is 2.33. The van der Waals surface area contributed by atoms with E-state index in [2.05, 4.69) is 15.7 Å². The van der Waals surface area contributed by atoms with E-state index in [1.54, 1.807) is 35.6 Å². The van der Waals surface area contributed by atoms with Crippen LogP contribution in [0.4, 0.5) is 10.8 Å². The number of nitrogens with one attached hydrogen (secondary N) is 2. The largest absolute Gasteiger partial charge is 0.298 e. The maximum Gasteiger partial charge on any atom is 0.257 e. The zero-order valence-electron chi connectivity index (χ0n) is 17.8. The van der Waals surface area contributed by atoms with Crippen molar-refractivity contribution in [3.8, 4) is 0 Å². The smallest absolute Gasteiger partial charge is 0.257 e. The number of anilines is 2. The molecule has 7 nitrogen and oxygen atoms in total. The first-order chi connectivity index (χ1) is 15.6. The monoisotopic (exact) mass is 450 g/mol. The summed E-state index contributed by atoms with van der Waals surface area (Å²) in [5, 5.41) is 4.82. The molecule has 3 aliphatic rings. The van der Waals surface area contributed by atoms with E-state index in [9.17, 15) is 14.4 Å². The van der Waals surface area contributed by atoms with Crippen molar-refractivity contribution in [1.82, 2.24) is 10.4 Å². The molecule has 8 heteroatoms. The van der Waals surface area contributed by atoms with Gasteiger partial charge < -0.3 is 0 Å². The van der Waals surface area contributed by atoms with E-state index in [-0.39, 0.29) is 29.6 Å². The molecule has 0 bridgehead atoms. The summed E-state index contributed by atoms with van der Waals surface area (Å²) < 4.78 is 0. The lowest BCUT2D eigenvalue weighted by Gasteiger charge is -2.38. The minimum absolute atomic E-state index is 0.142. The van der Waals surface area contributed by atoms with Crippen LogP contribution in [0.3, 0.4) is 0 Å². The van der Waals surface area contributed by atoms with Crippen LogP contribution in [-0.2, 0) is 22.4 Å². The Morgan fingerprint density at radius 2 is 1.84 bits per heavy atom. The van der Waals surface area contributed by atoms with Crippen LogP contribution in [0, 0.1) is 11.8 Å². The summed E-state index contributed by atoms with van der Waals surface area (Å²) in [7, 11) is 0. The van der Waals surface area contributed by atoms with Crippen LogP contribution >= 0.6 is 11.3 Å². The summed E-state index contributed by atoms with van der Waals surface area (Å²) in [6.07, 6.45) is 11.8. The highest BCUT2D eigenvalue weighted by molar-refractivity contribution is 7.15. The molecule has 1 aromatic carbocycles. The molecule has 2 aliphatic carbocycles. The summed E-state index contributed by atoms with van der Waals surface area (Å²) in [6.45, 7) is 0. The first-order valence-corrected chi connectivity index (χ1v) is 12.1. The van der Waals surface area contributed by atoms with Gasteiger partial charge in [-0.25, -0.2) is 9.99 Å². The molecular formula is C24H26N4O3S. The lowest BCUT2D eigenvalue weighted by Crippen LogP contribution is -2.59. The van der Waals surface area contributed by atoms with E-state index in [1.165, 1.54) is 22.7 Å². The summed E-state index contributed by atoms with van der Waals surface area (Å²) in [4.78, 5) is 44.4. The number of carbonyl (C=O) groups excluding carboxylic acids is 3. The van der Waals surface area contributed by atoms with Gasteiger partial charge in [0.2, 0.25) is 11.8 Å². The molecule has 1 aromatic heterocycles. The van der Waals surface area contributed by atoms with Crippen LogP contribution in [-0.4, -0.2) is 22.7 Å². The van der Waals surface area contributed by atoms with E-state index < -0.39 is 0 Å². The summed E-state index contributed by atoms with van der Waals surface area (Å²) in [5.41, 5.74) is 4.72. The molecule has 0 radical (unpaired) electrons. The van der Waals surface area contributed by atoms with E-state index in [0.717, 1.165) is 31.4 Å². The molecule has 0 saturated carbocycles. The molecule has 2 atom stereocenters. The summed E-state index contributed by atoms with van der Waals surface area (Å²) in [6, 6.07) is 6.78. The molecule has 1 fully saturated rings. The highest BCUT2D eigenvalue weighted by Gasteiger charge is 2.42. The van der Waals surface area contributed by atoms with E-state index in [0.29, 0.717) is 29.2 Å². The number of hydrogen-bond donors (Lipinski definition) is 2. The van der Waals surface area contributed by atoms with Gasteiger partial charge in [0.15, 0.2) is 5.13 Å². The van der Waals surface area contributed by atoms with Gasteiger partial charge in [-0.15, -0.1) is 11.3 Å². The third-order valence-corrected chi connectivity index (χ3v) is 7.53. The second kappa shape index (κ2) is 8.86. The van der Waals surface area contributed by atoms with Crippen molar-refractivity contribution < 1.29 is 14.4 Å². The number of hydrazine groups is 1. The molecule has 32 heavy (non-hydrogen) atoms. The number of aromatic nitrogens is 1. The first kappa shape index (κ1) is 20.9. The van der Waals surface area contributed by atoms with Crippen LogP contribution in [0.25, 0.3) is 0 Å². The number of carbonyl (C=O) groups is 3. The van der Waals surface area contributed by atoms with Crippen LogP contribution < -0.4 is 15.8 Å². The molecule has 1 aliphatic heterocycles. The number of aryl methyl sites for hydroxylation is 2. The van der Waals surface area contributed by atoms with Crippen molar-refractivity contribution in [3.63, 3.8) is 0 Å². The minimum Gasteiger partial charge on any atom is -0.298 e. The fourth-order valence-corrected chi connectivity index (χ4v) is 5.74. The van der Waals surface area contributed by atoms with Crippen LogP contribution in [0.2, 0.25) is 0 Å². The third-order valence-electron chi connectivity index (χ3n) is 6.46. The molecule has 5 rings (SSSR count). The molecule has 1 saturated heterocycles. The SMILES string of the molecule is O=C(Nc1nc2c(s1)CCCCCC2)c1cccc(N2NC(=O)C3CC=CCC3C2=O)c1. The third kappa shape index (κ3) is 4.07. The van der Waals surface area contributed by atoms with Gasteiger partial charge in [0, 0.05) is 10.4 Å². The average molecular weight is 451 g/mol. The van der Waals surface area contributed by atoms with E-state index in [4.69, 9.17) is 0 Å². The second-order valence-corrected chi connectivity index (χ2v) is 9.70. The number of nitrogens with zero attached hydrogens (tertiary/aromatic N) is 2. The Bertz CT molecular complexity index is 1070. The van der Waals surface area contributed by atoms with E-state index in [1.807, 2.05) is 12.2 Å². The van der Waals surface area contributed by atoms with Crippen LogP contribution in [0.15, 0.2) is 36.4 Å². The predicted molar refractivity (Wildman–Crippen MR) is 123 cm³/mol. The number of amides is 3.